The predicted molar refractivity (Wildman–Crippen MR) is 78.0 cm³/mol. The highest BCUT2D eigenvalue weighted by molar-refractivity contribution is 5.86. The van der Waals surface area contributed by atoms with Gasteiger partial charge in [0.2, 0.25) is 5.91 Å². The van der Waals surface area contributed by atoms with E-state index in [0.717, 1.165) is 44.4 Å². The van der Waals surface area contributed by atoms with Gasteiger partial charge in [0.25, 0.3) is 0 Å². The zero-order valence-electron chi connectivity index (χ0n) is 12.3. The van der Waals surface area contributed by atoms with Crippen molar-refractivity contribution in [2.45, 2.75) is 44.1 Å². The summed E-state index contributed by atoms with van der Waals surface area (Å²) in [6, 6.07) is 0. The van der Waals surface area contributed by atoms with E-state index in [9.17, 15) is 4.79 Å². The van der Waals surface area contributed by atoms with E-state index in [1.165, 1.54) is 32.1 Å². The van der Waals surface area contributed by atoms with Crippen molar-refractivity contribution in [2.75, 3.05) is 26.2 Å². The number of nitrogens with one attached hydrogen (secondary N) is 1. The molecule has 1 saturated heterocycles. The van der Waals surface area contributed by atoms with Gasteiger partial charge in [-0.25, -0.2) is 0 Å². The van der Waals surface area contributed by atoms with Gasteiger partial charge >= 0.3 is 0 Å². The summed E-state index contributed by atoms with van der Waals surface area (Å²) < 4.78 is 0. The molecule has 5 fully saturated rings. The molecule has 0 atom stereocenters. The fraction of sp³-hybridized carbons (Fsp3) is 0.938. The number of hydrogen-bond acceptors (Lipinski definition) is 3. The van der Waals surface area contributed by atoms with Crippen LogP contribution in [-0.4, -0.2) is 42.5 Å². The van der Waals surface area contributed by atoms with Crippen molar-refractivity contribution in [3.05, 3.63) is 0 Å². The minimum absolute atomic E-state index is 0.0202. The number of rotatable bonds is 2. The van der Waals surface area contributed by atoms with Crippen LogP contribution >= 0.6 is 0 Å². The summed E-state index contributed by atoms with van der Waals surface area (Å²) in [6.07, 6.45) is 7.56. The summed E-state index contributed by atoms with van der Waals surface area (Å²) in [6.45, 7) is 4.11. The molecule has 3 N–H and O–H groups in total. The first-order valence-electron chi connectivity index (χ1n) is 8.47. The Bertz CT molecular complexity index is 373. The minimum atomic E-state index is -0.306. The Hall–Kier alpha value is -0.610. The molecule has 0 spiro atoms. The lowest BCUT2D eigenvalue weighted by Gasteiger charge is -2.63. The number of primary amides is 1. The fourth-order valence-electron chi connectivity index (χ4n) is 6.19. The molecule has 4 bridgehead atoms. The molecule has 0 aromatic carbocycles. The molecule has 4 heteroatoms. The summed E-state index contributed by atoms with van der Waals surface area (Å²) in [7, 11) is 0. The molecule has 1 amide bonds. The summed E-state index contributed by atoms with van der Waals surface area (Å²) >= 11 is 0. The van der Waals surface area contributed by atoms with Crippen LogP contribution in [0.1, 0.15) is 38.5 Å². The molecule has 20 heavy (non-hydrogen) atoms. The van der Waals surface area contributed by atoms with Crippen LogP contribution in [0.2, 0.25) is 0 Å². The van der Waals surface area contributed by atoms with E-state index in [-0.39, 0.29) is 11.4 Å². The normalized spacial score (nSPS) is 48.2. The van der Waals surface area contributed by atoms with Crippen molar-refractivity contribution < 1.29 is 4.79 Å². The van der Waals surface area contributed by atoms with Gasteiger partial charge in [-0.15, -0.1) is 0 Å². The van der Waals surface area contributed by atoms with Gasteiger partial charge < -0.3 is 11.1 Å². The molecule has 112 valence electrons. The molecule has 5 aliphatic rings. The van der Waals surface area contributed by atoms with E-state index < -0.39 is 0 Å². The molecule has 0 aromatic rings. The molecule has 4 aliphatic carbocycles. The predicted octanol–water partition coefficient (Wildman–Crippen LogP) is 0.962. The van der Waals surface area contributed by atoms with Crippen LogP contribution in [0.5, 0.6) is 0 Å². The van der Waals surface area contributed by atoms with Crippen LogP contribution in [0.25, 0.3) is 0 Å². The van der Waals surface area contributed by atoms with Crippen molar-refractivity contribution in [1.29, 1.82) is 0 Å². The Balaban J connectivity index is 1.71. The van der Waals surface area contributed by atoms with Crippen molar-refractivity contribution in [3.8, 4) is 0 Å². The van der Waals surface area contributed by atoms with Crippen LogP contribution in [0.3, 0.4) is 0 Å². The highest BCUT2D eigenvalue weighted by Crippen LogP contribution is 2.60. The number of nitrogens with zero attached hydrogens (tertiary/aromatic N) is 1. The van der Waals surface area contributed by atoms with E-state index >= 15 is 0 Å². The maximum absolute atomic E-state index is 12.6. The van der Waals surface area contributed by atoms with Crippen LogP contribution in [0, 0.1) is 23.7 Å². The zero-order chi connectivity index (χ0) is 13.7. The topological polar surface area (TPSA) is 58.4 Å². The second-order valence-corrected chi connectivity index (χ2v) is 7.58. The fourth-order valence-corrected chi connectivity index (χ4v) is 6.19. The lowest BCUT2D eigenvalue weighted by atomic mass is 9.47. The monoisotopic (exact) mass is 277 g/mol. The van der Waals surface area contributed by atoms with Gasteiger partial charge in [0.15, 0.2) is 0 Å². The van der Waals surface area contributed by atoms with Crippen LogP contribution in [0.4, 0.5) is 0 Å². The largest absolute Gasteiger partial charge is 0.368 e. The van der Waals surface area contributed by atoms with Gasteiger partial charge in [0.05, 0.1) is 0 Å². The number of carbonyl (C=O) groups is 1. The first-order chi connectivity index (χ1) is 9.71. The molecule has 0 unspecified atom stereocenters. The highest BCUT2D eigenvalue weighted by atomic mass is 16.1. The Morgan fingerprint density at radius 3 is 2.25 bits per heavy atom. The van der Waals surface area contributed by atoms with Gasteiger partial charge in [-0.3, -0.25) is 9.69 Å². The Morgan fingerprint density at radius 1 is 1.00 bits per heavy atom. The molecule has 4 nitrogen and oxygen atoms in total. The lowest BCUT2D eigenvalue weighted by molar-refractivity contribution is -0.164. The Morgan fingerprint density at radius 2 is 1.65 bits per heavy atom. The van der Waals surface area contributed by atoms with Gasteiger partial charge in [-0.2, -0.15) is 0 Å². The number of carbonyl (C=O) groups excluding carboxylic acids is 1. The van der Waals surface area contributed by atoms with Crippen molar-refractivity contribution >= 4 is 5.91 Å². The highest BCUT2D eigenvalue weighted by Gasteiger charge is 2.62. The number of hydrogen-bond donors (Lipinski definition) is 2. The summed E-state index contributed by atoms with van der Waals surface area (Å²) in [4.78, 5) is 15.1. The number of nitrogens with two attached hydrogens (primary N) is 1. The summed E-state index contributed by atoms with van der Waals surface area (Å²) in [5.74, 6) is 2.82. The van der Waals surface area contributed by atoms with Gasteiger partial charge in [0.1, 0.15) is 5.54 Å². The standard InChI is InChI=1S/C16H27N3O/c17-15(20)16(19-4-1-2-18-3-5-19)13-7-11-6-12(9-13)10-14(16)8-11/h11-14,18H,1-10H2,(H2,17,20). The lowest BCUT2D eigenvalue weighted by Crippen LogP contribution is -2.72. The van der Waals surface area contributed by atoms with Crippen LogP contribution in [0.15, 0.2) is 0 Å². The summed E-state index contributed by atoms with van der Waals surface area (Å²) in [5, 5.41) is 3.46. The number of amides is 1. The quantitative estimate of drug-likeness (QED) is 0.790. The molecule has 1 aliphatic heterocycles. The third-order valence-corrected chi connectivity index (χ3v) is 6.64. The third kappa shape index (κ3) is 1.70. The van der Waals surface area contributed by atoms with Gasteiger partial charge in [-0.1, -0.05) is 0 Å². The first-order valence-corrected chi connectivity index (χ1v) is 8.47. The van der Waals surface area contributed by atoms with Gasteiger partial charge in [0, 0.05) is 19.6 Å². The molecule has 0 aromatic heterocycles. The Labute approximate surface area is 121 Å². The zero-order valence-corrected chi connectivity index (χ0v) is 12.3. The van der Waals surface area contributed by atoms with Gasteiger partial charge in [-0.05, 0) is 68.7 Å². The van der Waals surface area contributed by atoms with Crippen molar-refractivity contribution in [2.24, 2.45) is 29.4 Å². The van der Waals surface area contributed by atoms with E-state index in [4.69, 9.17) is 5.73 Å². The maximum atomic E-state index is 12.6. The first kappa shape index (κ1) is 13.1. The van der Waals surface area contributed by atoms with Crippen LogP contribution in [-0.2, 0) is 4.79 Å². The van der Waals surface area contributed by atoms with Crippen molar-refractivity contribution in [1.82, 2.24) is 10.2 Å². The average Bonchev–Trinajstić information content (AvgIpc) is 2.67. The molecule has 1 heterocycles. The van der Waals surface area contributed by atoms with Crippen LogP contribution < -0.4 is 11.1 Å². The molecule has 5 rings (SSSR count). The van der Waals surface area contributed by atoms with E-state index in [1.807, 2.05) is 0 Å². The van der Waals surface area contributed by atoms with E-state index in [0.29, 0.717) is 11.8 Å². The maximum Gasteiger partial charge on any atom is 0.238 e. The molecular formula is C16H27N3O. The SMILES string of the molecule is NC(=O)C1(N2CCCNCC2)C2CC3CC(C2)CC1C3. The van der Waals surface area contributed by atoms with E-state index in [2.05, 4.69) is 10.2 Å². The molecule has 4 saturated carbocycles. The average molecular weight is 277 g/mol. The minimum Gasteiger partial charge on any atom is -0.368 e. The summed E-state index contributed by atoms with van der Waals surface area (Å²) in [5.41, 5.74) is 5.73. The van der Waals surface area contributed by atoms with Crippen molar-refractivity contribution in [3.63, 3.8) is 0 Å². The second kappa shape index (κ2) is 4.70. The smallest absolute Gasteiger partial charge is 0.238 e. The third-order valence-electron chi connectivity index (χ3n) is 6.64. The molecular weight excluding hydrogens is 250 g/mol. The Kier molecular flexibility index (Phi) is 3.08. The second-order valence-electron chi connectivity index (χ2n) is 7.58. The van der Waals surface area contributed by atoms with E-state index in [1.54, 1.807) is 0 Å². The molecule has 0 radical (unpaired) electrons.